The third-order valence-electron chi connectivity index (χ3n) is 7.61. The van der Waals surface area contributed by atoms with Crippen molar-refractivity contribution in [1.82, 2.24) is 9.88 Å². The molecule has 1 atom stereocenters. The van der Waals surface area contributed by atoms with Crippen LogP contribution in [0.25, 0.3) is 11.3 Å². The van der Waals surface area contributed by atoms with Crippen molar-refractivity contribution in [2.24, 2.45) is 0 Å². The lowest BCUT2D eigenvalue weighted by molar-refractivity contribution is 0.0548. The fourth-order valence-electron chi connectivity index (χ4n) is 5.67. The second-order valence-corrected chi connectivity index (χ2v) is 10.5. The topological polar surface area (TPSA) is 34.6 Å². The summed E-state index contributed by atoms with van der Waals surface area (Å²) in [5, 5.41) is 0. The molecule has 1 aliphatic rings. The largest absolute Gasteiger partial charge is 0.491 e. The van der Waals surface area contributed by atoms with Crippen molar-refractivity contribution in [3.63, 3.8) is 0 Å². The summed E-state index contributed by atoms with van der Waals surface area (Å²) in [7, 11) is 2.24. The molecule has 0 saturated carbocycles. The van der Waals surface area contributed by atoms with Gasteiger partial charge in [0.2, 0.25) is 0 Å². The van der Waals surface area contributed by atoms with Gasteiger partial charge in [0.05, 0.1) is 18.4 Å². The zero-order valence-electron chi connectivity index (χ0n) is 23.6. The number of aryl methyl sites for hydroxylation is 4. The molecule has 37 heavy (non-hydrogen) atoms. The average Bonchev–Trinajstić information content (AvgIpc) is 2.91. The highest BCUT2D eigenvalue weighted by atomic mass is 16.5. The molecule has 0 radical (unpaired) electrons. The molecule has 4 nitrogen and oxygen atoms in total. The maximum absolute atomic E-state index is 6.44. The van der Waals surface area contributed by atoms with E-state index in [4.69, 9.17) is 14.5 Å². The third kappa shape index (κ3) is 6.42. The summed E-state index contributed by atoms with van der Waals surface area (Å²) in [4.78, 5) is 7.67. The van der Waals surface area contributed by atoms with E-state index in [-0.39, 0.29) is 6.10 Å². The minimum atomic E-state index is 0.193. The van der Waals surface area contributed by atoms with Gasteiger partial charge in [-0.3, -0.25) is 9.88 Å². The summed E-state index contributed by atoms with van der Waals surface area (Å²) in [6.45, 7) is 12.6. The van der Waals surface area contributed by atoms with Crippen molar-refractivity contribution in [2.45, 2.75) is 85.4 Å². The Kier molecular flexibility index (Phi) is 9.39. The Hall–Kier alpha value is -2.69. The van der Waals surface area contributed by atoms with Crippen molar-refractivity contribution in [3.8, 4) is 17.0 Å². The van der Waals surface area contributed by atoms with Gasteiger partial charge in [0.15, 0.2) is 0 Å². The average molecular weight is 501 g/mol. The molecule has 0 bridgehead atoms. The lowest BCUT2D eigenvalue weighted by Gasteiger charge is -2.34. The molecule has 0 amide bonds. The standard InChI is InChI=1S/C33H44N2O2/c1-7-25-14-11-15-26(8-2)33(25)30-21-32(37-20-19-36-23(3)4)29(24(5)34-30)22-35(6)31-18-12-16-27-13-9-10-17-28(27)31/h9-11,13-15,17,21,23,31H,7-8,12,16,18-20,22H2,1-6H3. The maximum Gasteiger partial charge on any atom is 0.127 e. The Morgan fingerprint density at radius 1 is 1.00 bits per heavy atom. The van der Waals surface area contributed by atoms with Crippen LogP contribution < -0.4 is 4.74 Å². The molecule has 0 spiro atoms. The van der Waals surface area contributed by atoms with Gasteiger partial charge in [-0.25, -0.2) is 0 Å². The van der Waals surface area contributed by atoms with Crippen LogP contribution in [0.5, 0.6) is 5.75 Å². The van der Waals surface area contributed by atoms with Crippen LogP contribution in [0, 0.1) is 6.92 Å². The molecule has 4 heteroatoms. The van der Waals surface area contributed by atoms with Crippen molar-refractivity contribution in [1.29, 1.82) is 0 Å². The minimum absolute atomic E-state index is 0.193. The van der Waals surface area contributed by atoms with Gasteiger partial charge >= 0.3 is 0 Å². The van der Waals surface area contributed by atoms with E-state index in [9.17, 15) is 0 Å². The molecule has 3 aromatic rings. The first kappa shape index (κ1) is 27.3. The Morgan fingerprint density at radius 2 is 1.73 bits per heavy atom. The minimum Gasteiger partial charge on any atom is -0.491 e. The monoisotopic (exact) mass is 500 g/mol. The number of nitrogens with zero attached hydrogens (tertiary/aromatic N) is 2. The maximum atomic E-state index is 6.44. The number of rotatable bonds is 11. The molecule has 1 aliphatic carbocycles. The molecule has 198 valence electrons. The summed E-state index contributed by atoms with van der Waals surface area (Å²) in [6.07, 6.45) is 5.74. The summed E-state index contributed by atoms with van der Waals surface area (Å²) >= 11 is 0. The molecule has 2 aromatic carbocycles. The van der Waals surface area contributed by atoms with E-state index in [2.05, 4.69) is 95.1 Å². The number of hydrogen-bond donors (Lipinski definition) is 0. The van der Waals surface area contributed by atoms with Crippen LogP contribution in [0.3, 0.4) is 0 Å². The van der Waals surface area contributed by atoms with Crippen molar-refractivity contribution in [3.05, 3.63) is 82.0 Å². The Morgan fingerprint density at radius 3 is 2.43 bits per heavy atom. The van der Waals surface area contributed by atoms with Gasteiger partial charge in [0, 0.05) is 35.5 Å². The van der Waals surface area contributed by atoms with Crippen molar-refractivity contribution >= 4 is 0 Å². The molecule has 0 aliphatic heterocycles. The lowest BCUT2D eigenvalue weighted by Crippen LogP contribution is -2.28. The van der Waals surface area contributed by atoms with Gasteiger partial charge < -0.3 is 9.47 Å². The van der Waals surface area contributed by atoms with Crippen LogP contribution >= 0.6 is 0 Å². The van der Waals surface area contributed by atoms with E-state index in [0.717, 1.165) is 36.5 Å². The zero-order valence-corrected chi connectivity index (χ0v) is 23.6. The summed E-state index contributed by atoms with van der Waals surface area (Å²) < 4.78 is 12.2. The molecular formula is C33H44N2O2. The Balaban J connectivity index is 1.69. The molecule has 1 aromatic heterocycles. The Labute approximate surface area is 224 Å². The van der Waals surface area contributed by atoms with E-state index in [1.54, 1.807) is 0 Å². The fraction of sp³-hybridized carbons (Fsp3) is 0.485. The number of fused-ring (bicyclic) bond motifs is 1. The van der Waals surface area contributed by atoms with Crippen molar-refractivity contribution < 1.29 is 9.47 Å². The predicted molar refractivity (Wildman–Crippen MR) is 153 cm³/mol. The first-order chi connectivity index (χ1) is 17.9. The quantitative estimate of drug-likeness (QED) is 0.255. The summed E-state index contributed by atoms with van der Waals surface area (Å²) in [6, 6.07) is 18.1. The number of aromatic nitrogens is 1. The number of pyridine rings is 1. The van der Waals surface area contributed by atoms with Crippen LogP contribution in [0.15, 0.2) is 48.5 Å². The SMILES string of the molecule is CCc1cccc(CC)c1-c1cc(OCCOC(C)C)c(CN(C)C2CCCc3ccccc32)c(C)n1. The first-order valence-electron chi connectivity index (χ1n) is 14.1. The van der Waals surface area contributed by atoms with Gasteiger partial charge in [0.25, 0.3) is 0 Å². The van der Waals surface area contributed by atoms with Gasteiger partial charge in [-0.15, -0.1) is 0 Å². The normalized spacial score (nSPS) is 15.3. The van der Waals surface area contributed by atoms with Crippen LogP contribution in [-0.2, 0) is 30.5 Å². The molecule has 1 unspecified atom stereocenters. The van der Waals surface area contributed by atoms with Crippen molar-refractivity contribution in [2.75, 3.05) is 20.3 Å². The van der Waals surface area contributed by atoms with Gasteiger partial charge in [-0.05, 0) is 82.2 Å². The Bertz CT molecular complexity index is 1160. The van der Waals surface area contributed by atoms with Crippen LogP contribution in [0.2, 0.25) is 0 Å². The van der Waals surface area contributed by atoms with E-state index in [1.807, 2.05) is 0 Å². The fourth-order valence-corrected chi connectivity index (χ4v) is 5.67. The van der Waals surface area contributed by atoms with E-state index in [1.165, 1.54) is 52.6 Å². The zero-order chi connectivity index (χ0) is 26.4. The summed E-state index contributed by atoms with van der Waals surface area (Å²) in [5.74, 6) is 0.929. The number of benzene rings is 2. The van der Waals surface area contributed by atoms with E-state index < -0.39 is 0 Å². The first-order valence-corrected chi connectivity index (χ1v) is 14.1. The smallest absolute Gasteiger partial charge is 0.127 e. The highest BCUT2D eigenvalue weighted by Crippen LogP contribution is 2.37. The molecule has 0 fully saturated rings. The second kappa shape index (κ2) is 12.7. The van der Waals surface area contributed by atoms with Gasteiger partial charge in [0.1, 0.15) is 12.4 Å². The molecular weight excluding hydrogens is 456 g/mol. The summed E-state index contributed by atoms with van der Waals surface area (Å²) in [5.41, 5.74) is 10.1. The molecule has 4 rings (SSSR count). The highest BCUT2D eigenvalue weighted by molar-refractivity contribution is 5.70. The number of hydrogen-bond acceptors (Lipinski definition) is 4. The number of ether oxygens (including phenoxy) is 2. The van der Waals surface area contributed by atoms with Crippen LogP contribution in [-0.4, -0.2) is 36.2 Å². The molecule has 0 N–H and O–H groups in total. The van der Waals surface area contributed by atoms with Crippen LogP contribution in [0.1, 0.15) is 80.1 Å². The third-order valence-corrected chi connectivity index (χ3v) is 7.61. The van der Waals surface area contributed by atoms with E-state index in [0.29, 0.717) is 19.3 Å². The lowest BCUT2D eigenvalue weighted by atomic mass is 9.87. The van der Waals surface area contributed by atoms with E-state index >= 15 is 0 Å². The second-order valence-electron chi connectivity index (χ2n) is 10.5. The molecule has 0 saturated heterocycles. The van der Waals surface area contributed by atoms with Gasteiger partial charge in [-0.2, -0.15) is 0 Å². The highest BCUT2D eigenvalue weighted by Gasteiger charge is 2.25. The van der Waals surface area contributed by atoms with Crippen LogP contribution in [0.4, 0.5) is 0 Å². The predicted octanol–water partition coefficient (Wildman–Crippen LogP) is 7.50. The molecule has 1 heterocycles. The van der Waals surface area contributed by atoms with Gasteiger partial charge in [-0.1, -0.05) is 56.3 Å².